The van der Waals surface area contributed by atoms with Crippen molar-refractivity contribution in [3.05, 3.63) is 50.1 Å². The summed E-state index contributed by atoms with van der Waals surface area (Å²) >= 11 is 0. The van der Waals surface area contributed by atoms with Gasteiger partial charge in [-0.05, 0) is 25.8 Å². The van der Waals surface area contributed by atoms with Gasteiger partial charge >= 0.3 is 17.9 Å². The van der Waals surface area contributed by atoms with Gasteiger partial charge in [0.05, 0.1) is 32.5 Å². The molecule has 0 aromatic carbocycles. The zero-order valence-electron chi connectivity index (χ0n) is 25.7. The number of rotatable bonds is 13. The van der Waals surface area contributed by atoms with Gasteiger partial charge in [0.1, 0.15) is 13.2 Å². The van der Waals surface area contributed by atoms with Gasteiger partial charge in [0.2, 0.25) is 12.0 Å². The third-order valence-corrected chi connectivity index (χ3v) is 5.02. The van der Waals surface area contributed by atoms with Crippen LogP contribution >= 0.6 is 0 Å². The Bertz CT molecular complexity index is 979. The van der Waals surface area contributed by atoms with Crippen LogP contribution in [0.25, 0.3) is 0 Å². The number of esters is 3. The molecule has 1 atom stereocenters. The fraction of sp³-hybridized carbons (Fsp3) is 0.552. The van der Waals surface area contributed by atoms with Crippen LogP contribution in [0.15, 0.2) is 55.1 Å². The number of carbonyl (C=O) groups excluding carboxylic acids is 5. The van der Waals surface area contributed by atoms with Crippen molar-refractivity contribution < 1.29 is 70.0 Å². The van der Waals surface area contributed by atoms with Crippen LogP contribution in [0.4, 0.5) is 22.3 Å². The number of carbonyl (C=O) groups is 4. The molecule has 0 saturated carbocycles. The molecule has 2 aliphatic heterocycles. The van der Waals surface area contributed by atoms with Gasteiger partial charge in [-0.2, -0.15) is 0 Å². The normalized spacial score (nSPS) is 14.5. The lowest BCUT2D eigenvalue weighted by Crippen LogP contribution is -2.39. The molecule has 12 nitrogen and oxygen atoms in total. The van der Waals surface area contributed by atoms with Crippen LogP contribution < -0.4 is 0 Å². The summed E-state index contributed by atoms with van der Waals surface area (Å²) in [6, 6.07) is 0. The Morgan fingerprint density at radius 1 is 0.978 bits per heavy atom. The Morgan fingerprint density at radius 3 is 2.02 bits per heavy atom. The van der Waals surface area contributed by atoms with Gasteiger partial charge in [-0.3, -0.25) is 4.79 Å². The number of isocyanates is 1. The standard InChI is InChI=1S/C8H12O3.C7H9F3O2.C7H9NO3.C7H11NO2.F2/c1-2-8(9)11-6-7-4-3-5-10-7;1-2-6(11)12-4-3-7(9,10)5-8;1-6(2)7(10)11-4-3-8-5-9;1-2-7(9)8-3-5-10-6-4-8;1-2/h2,7H,1,3-6H2;2H,1,3-5H2;1,3-4H2,2H3;2H,1,3-6H2;. The van der Waals surface area contributed by atoms with E-state index >= 15 is 0 Å². The van der Waals surface area contributed by atoms with Crippen molar-refractivity contribution in [2.45, 2.75) is 38.2 Å². The highest BCUT2D eigenvalue weighted by Crippen LogP contribution is 2.18. The minimum atomic E-state index is -3.40. The molecule has 2 aliphatic rings. The molecule has 2 saturated heterocycles. The van der Waals surface area contributed by atoms with Gasteiger partial charge < -0.3 is 28.6 Å². The minimum absolute atomic E-state index is 0.00306. The highest BCUT2D eigenvalue weighted by molar-refractivity contribution is 5.87. The van der Waals surface area contributed by atoms with Crippen LogP contribution in [0.5, 0.6) is 0 Å². The van der Waals surface area contributed by atoms with E-state index < -0.39 is 37.6 Å². The topological polar surface area (TPSA) is 147 Å². The van der Waals surface area contributed by atoms with Crippen LogP contribution in [0.3, 0.4) is 0 Å². The first-order valence-electron chi connectivity index (χ1n) is 13.5. The van der Waals surface area contributed by atoms with Crippen LogP contribution in [0.2, 0.25) is 0 Å². The highest BCUT2D eigenvalue weighted by atomic mass is 20.0. The number of halogens is 5. The third-order valence-electron chi connectivity index (χ3n) is 5.02. The molecule has 2 rings (SSSR count). The largest absolute Gasteiger partial charge is 0.462 e. The van der Waals surface area contributed by atoms with Crippen molar-refractivity contribution in [1.82, 2.24) is 4.90 Å². The van der Waals surface area contributed by atoms with Crippen molar-refractivity contribution >= 4 is 29.9 Å². The molecule has 17 heteroatoms. The molecular formula is C29H41F5N2O10. The van der Waals surface area contributed by atoms with E-state index in [1.54, 1.807) is 11.8 Å². The SMILES string of the molecule is C=C(C)C(=O)OCCN=C=O.C=CC(=O)N1CCOCC1.C=CC(=O)OCC1CCCO1.C=CC(=O)OCCC(F)(F)CF.FF. The van der Waals surface area contributed by atoms with E-state index in [4.69, 9.17) is 23.4 Å². The lowest BCUT2D eigenvalue weighted by molar-refractivity contribution is -0.141. The molecule has 1 amide bonds. The average molecular weight is 673 g/mol. The summed E-state index contributed by atoms with van der Waals surface area (Å²) in [6.07, 6.45) is 6.05. The van der Waals surface area contributed by atoms with Gasteiger partial charge in [-0.1, -0.05) is 26.3 Å². The fourth-order valence-electron chi connectivity index (χ4n) is 2.70. The number of amides is 1. The van der Waals surface area contributed by atoms with Crippen LogP contribution in [-0.2, 0) is 47.7 Å². The summed E-state index contributed by atoms with van der Waals surface area (Å²) in [4.78, 5) is 56.9. The molecule has 2 fully saturated rings. The highest BCUT2D eigenvalue weighted by Gasteiger charge is 2.28. The van der Waals surface area contributed by atoms with E-state index in [1.807, 2.05) is 0 Å². The van der Waals surface area contributed by atoms with E-state index in [-0.39, 0.29) is 31.1 Å². The molecule has 0 radical (unpaired) electrons. The molecule has 0 bridgehead atoms. The van der Waals surface area contributed by atoms with Crippen LogP contribution in [-0.4, -0.2) is 113 Å². The Hall–Kier alpha value is -4.21. The summed E-state index contributed by atoms with van der Waals surface area (Å²) in [5.41, 5.74) is 0.333. The average Bonchev–Trinajstić information content (AvgIpc) is 3.61. The molecule has 1 unspecified atom stereocenters. The van der Waals surface area contributed by atoms with Gasteiger partial charge in [-0.25, -0.2) is 37.3 Å². The lowest BCUT2D eigenvalue weighted by atomic mass is 10.2. The molecular weight excluding hydrogens is 631 g/mol. The second-order valence-electron chi connectivity index (χ2n) is 8.61. The molecule has 262 valence electrons. The third kappa shape index (κ3) is 28.6. The van der Waals surface area contributed by atoms with Crippen LogP contribution in [0.1, 0.15) is 26.2 Å². The maximum Gasteiger partial charge on any atom is 0.333 e. The van der Waals surface area contributed by atoms with E-state index in [0.29, 0.717) is 38.5 Å². The zero-order chi connectivity index (χ0) is 35.8. The Kier molecular flexibility index (Phi) is 30.9. The molecule has 0 aromatic heterocycles. The summed E-state index contributed by atoms with van der Waals surface area (Å²) in [5, 5.41) is 0. The van der Waals surface area contributed by atoms with E-state index in [2.05, 4.69) is 40.8 Å². The van der Waals surface area contributed by atoms with Gasteiger partial charge in [0.15, 0.2) is 6.67 Å². The van der Waals surface area contributed by atoms with Gasteiger partial charge in [0.25, 0.3) is 5.92 Å². The first-order chi connectivity index (χ1) is 21.9. The zero-order valence-corrected chi connectivity index (χ0v) is 25.7. The number of nitrogens with zero attached hydrogens (tertiary/aromatic N) is 2. The second-order valence-corrected chi connectivity index (χ2v) is 8.61. The van der Waals surface area contributed by atoms with Crippen molar-refractivity contribution in [1.29, 1.82) is 0 Å². The van der Waals surface area contributed by atoms with Gasteiger partial charge in [0, 0.05) is 53.0 Å². The first-order valence-corrected chi connectivity index (χ1v) is 13.5. The Morgan fingerprint density at radius 2 is 1.57 bits per heavy atom. The Balaban J connectivity index is -0.000000526. The maximum absolute atomic E-state index is 12.1. The first kappa shape index (κ1) is 46.2. The molecule has 46 heavy (non-hydrogen) atoms. The maximum atomic E-state index is 12.1. The summed E-state index contributed by atoms with van der Waals surface area (Å²) in [5.74, 6) is -5.03. The van der Waals surface area contributed by atoms with Crippen molar-refractivity contribution in [2.24, 2.45) is 4.99 Å². The molecule has 2 heterocycles. The number of ether oxygens (including phenoxy) is 5. The molecule has 0 N–H and O–H groups in total. The molecule has 0 spiro atoms. The number of hydrogen-bond acceptors (Lipinski definition) is 11. The van der Waals surface area contributed by atoms with E-state index in [9.17, 15) is 37.1 Å². The molecule has 0 aromatic rings. The van der Waals surface area contributed by atoms with Gasteiger partial charge in [-0.15, -0.1) is 0 Å². The van der Waals surface area contributed by atoms with Crippen molar-refractivity contribution in [3.63, 3.8) is 0 Å². The predicted molar refractivity (Wildman–Crippen MR) is 155 cm³/mol. The van der Waals surface area contributed by atoms with Crippen molar-refractivity contribution in [3.8, 4) is 0 Å². The summed E-state index contributed by atoms with van der Waals surface area (Å²) in [7, 11) is 0. The number of alkyl halides is 3. The number of morpholine rings is 1. The van der Waals surface area contributed by atoms with Crippen LogP contribution in [0, 0.1) is 0 Å². The quantitative estimate of drug-likeness (QED) is 0.0537. The van der Waals surface area contributed by atoms with Crippen molar-refractivity contribution in [2.75, 3.05) is 66.0 Å². The second kappa shape index (κ2) is 30.8. The minimum Gasteiger partial charge on any atom is -0.462 e. The Labute approximate surface area is 264 Å². The lowest BCUT2D eigenvalue weighted by Gasteiger charge is -2.25. The monoisotopic (exact) mass is 672 g/mol. The molecule has 0 aliphatic carbocycles. The summed E-state index contributed by atoms with van der Waals surface area (Å²) < 4.78 is 75.6. The summed E-state index contributed by atoms with van der Waals surface area (Å²) in [6.45, 7) is 16.5. The number of aliphatic imine (C=N–C) groups is 1. The van der Waals surface area contributed by atoms with E-state index in [1.165, 1.54) is 12.2 Å². The van der Waals surface area contributed by atoms with E-state index in [0.717, 1.165) is 31.6 Å². The number of hydrogen-bond donors (Lipinski definition) is 0. The fourth-order valence-corrected chi connectivity index (χ4v) is 2.70. The smallest absolute Gasteiger partial charge is 0.333 e. The predicted octanol–water partition coefficient (Wildman–Crippen LogP) is 3.92.